The van der Waals surface area contributed by atoms with Crippen LogP contribution < -0.4 is 9.64 Å². The van der Waals surface area contributed by atoms with Gasteiger partial charge in [-0.3, -0.25) is 9.59 Å². The number of imide groups is 1. The lowest BCUT2D eigenvalue weighted by atomic mass is 10.2. The fourth-order valence-corrected chi connectivity index (χ4v) is 2.62. The Bertz CT molecular complexity index is 626. The molecule has 1 aliphatic heterocycles. The highest BCUT2D eigenvalue weighted by Gasteiger charge is 2.37. The number of thioether (sulfide) groups is 1. The lowest BCUT2D eigenvalue weighted by Gasteiger charge is -2.14. The van der Waals surface area contributed by atoms with Gasteiger partial charge in [0.15, 0.2) is 0 Å². The molecule has 1 aromatic rings. The molecule has 5 nitrogen and oxygen atoms in total. The second-order valence-corrected chi connectivity index (χ2v) is 5.50. The van der Waals surface area contributed by atoms with Gasteiger partial charge in [0.1, 0.15) is 5.75 Å². The van der Waals surface area contributed by atoms with E-state index in [0.717, 1.165) is 28.8 Å². The summed E-state index contributed by atoms with van der Waals surface area (Å²) in [7, 11) is 3.41. The summed E-state index contributed by atoms with van der Waals surface area (Å²) in [5.41, 5.74) is 0.180. The van der Waals surface area contributed by atoms with Gasteiger partial charge < -0.3 is 9.64 Å². The first kappa shape index (κ1) is 16.2. The summed E-state index contributed by atoms with van der Waals surface area (Å²) < 4.78 is 40.0. The lowest BCUT2D eigenvalue weighted by Crippen LogP contribution is -2.27. The number of anilines is 1. The van der Waals surface area contributed by atoms with Crippen molar-refractivity contribution in [1.29, 1.82) is 0 Å². The van der Waals surface area contributed by atoms with Crippen molar-refractivity contribution in [2.75, 3.05) is 19.0 Å². The Morgan fingerprint density at radius 1 is 1.18 bits per heavy atom. The zero-order valence-electron chi connectivity index (χ0n) is 11.5. The minimum Gasteiger partial charge on any atom is -0.406 e. The average Bonchev–Trinajstić information content (AvgIpc) is 2.63. The van der Waals surface area contributed by atoms with Gasteiger partial charge in [-0.15, -0.1) is 13.2 Å². The number of ether oxygens (including phenoxy) is 1. The lowest BCUT2D eigenvalue weighted by molar-refractivity contribution is -0.274. The van der Waals surface area contributed by atoms with Gasteiger partial charge in [-0.05, 0) is 36.0 Å². The summed E-state index contributed by atoms with van der Waals surface area (Å²) >= 11 is 0.765. The second kappa shape index (κ2) is 5.91. The Hall–Kier alpha value is -2.16. The molecular weight excluding hydrogens is 321 g/mol. The van der Waals surface area contributed by atoms with E-state index in [1.807, 2.05) is 0 Å². The topological polar surface area (TPSA) is 49.9 Å². The highest BCUT2D eigenvalue weighted by molar-refractivity contribution is 8.18. The smallest absolute Gasteiger partial charge is 0.406 e. The zero-order chi connectivity index (χ0) is 16.5. The van der Waals surface area contributed by atoms with Crippen LogP contribution in [0.3, 0.4) is 0 Å². The maximum atomic E-state index is 12.1. The molecule has 9 heteroatoms. The Morgan fingerprint density at radius 3 is 2.27 bits per heavy atom. The Morgan fingerprint density at radius 2 is 1.77 bits per heavy atom. The van der Waals surface area contributed by atoms with Crippen LogP contribution in [0.25, 0.3) is 0 Å². The standard InChI is InChI=1S/C13H11F3N2O3S/c1-17(2)7-10-11(19)18(12(20)22-10)8-3-5-9(6-4-8)21-13(14,15)16/h3-7H,1-2H3/b10-7+. The summed E-state index contributed by atoms with van der Waals surface area (Å²) in [6, 6.07) is 4.52. The number of carbonyl (C=O) groups is 2. The van der Waals surface area contributed by atoms with Gasteiger partial charge in [0.25, 0.3) is 11.1 Å². The minimum atomic E-state index is -4.79. The first-order chi connectivity index (χ1) is 10.2. The van der Waals surface area contributed by atoms with Gasteiger partial charge in [0.2, 0.25) is 0 Å². The van der Waals surface area contributed by atoms with Crippen molar-refractivity contribution >= 4 is 28.6 Å². The summed E-state index contributed by atoms with van der Waals surface area (Å²) in [5.74, 6) is -0.944. The number of amides is 2. The molecule has 0 bridgehead atoms. The molecule has 0 aliphatic carbocycles. The third-order valence-corrected chi connectivity index (χ3v) is 3.35. The number of hydrogen-bond acceptors (Lipinski definition) is 5. The Balaban J connectivity index is 2.22. The molecule has 118 valence electrons. The van der Waals surface area contributed by atoms with Gasteiger partial charge >= 0.3 is 6.36 Å². The largest absolute Gasteiger partial charge is 0.573 e. The third-order valence-electron chi connectivity index (χ3n) is 2.50. The Kier molecular flexibility index (Phi) is 4.36. The van der Waals surface area contributed by atoms with E-state index in [0.29, 0.717) is 0 Å². The van der Waals surface area contributed by atoms with Crippen molar-refractivity contribution < 1.29 is 27.5 Å². The molecule has 0 atom stereocenters. The van der Waals surface area contributed by atoms with Gasteiger partial charge in [-0.2, -0.15) is 0 Å². The van der Waals surface area contributed by atoms with Crippen molar-refractivity contribution in [3.63, 3.8) is 0 Å². The van der Waals surface area contributed by atoms with Crippen molar-refractivity contribution in [2.24, 2.45) is 0 Å². The highest BCUT2D eigenvalue weighted by Crippen LogP contribution is 2.35. The number of halogens is 3. The van der Waals surface area contributed by atoms with Crippen molar-refractivity contribution in [3.05, 3.63) is 35.4 Å². The van der Waals surface area contributed by atoms with E-state index in [9.17, 15) is 22.8 Å². The fourth-order valence-electron chi connectivity index (χ4n) is 1.71. The van der Waals surface area contributed by atoms with Crippen molar-refractivity contribution in [1.82, 2.24) is 4.90 Å². The van der Waals surface area contributed by atoms with Crippen LogP contribution in [0.1, 0.15) is 0 Å². The van der Waals surface area contributed by atoms with Crippen molar-refractivity contribution in [2.45, 2.75) is 6.36 Å². The zero-order valence-corrected chi connectivity index (χ0v) is 12.4. The average molecular weight is 332 g/mol. The number of nitrogens with zero attached hydrogens (tertiary/aromatic N) is 2. The molecule has 0 spiro atoms. The first-order valence-electron chi connectivity index (χ1n) is 5.98. The van der Waals surface area contributed by atoms with Crippen LogP contribution in [0.4, 0.5) is 23.7 Å². The van der Waals surface area contributed by atoms with Gasteiger partial charge in [-0.25, -0.2) is 4.90 Å². The van der Waals surface area contributed by atoms with E-state index < -0.39 is 23.3 Å². The minimum absolute atomic E-state index is 0.180. The molecule has 1 saturated heterocycles. The fraction of sp³-hybridized carbons (Fsp3) is 0.231. The van der Waals surface area contributed by atoms with Gasteiger partial charge in [0.05, 0.1) is 10.6 Å². The summed E-state index contributed by atoms with van der Waals surface area (Å²) in [6.07, 6.45) is -3.29. The van der Waals surface area contributed by atoms with E-state index in [1.54, 1.807) is 19.0 Å². The quantitative estimate of drug-likeness (QED) is 0.796. The maximum absolute atomic E-state index is 12.1. The van der Waals surface area contributed by atoms with Crippen molar-refractivity contribution in [3.8, 4) is 5.75 Å². The maximum Gasteiger partial charge on any atom is 0.573 e. The number of alkyl halides is 3. The second-order valence-electron chi connectivity index (χ2n) is 4.51. The van der Waals surface area contributed by atoms with E-state index in [1.165, 1.54) is 18.3 Å². The molecule has 0 radical (unpaired) electrons. The summed E-state index contributed by atoms with van der Waals surface area (Å²) in [6.45, 7) is 0. The van der Waals surface area contributed by atoms with Crippen LogP contribution in [0.5, 0.6) is 5.75 Å². The normalized spacial score (nSPS) is 17.3. The molecule has 2 amide bonds. The monoisotopic (exact) mass is 332 g/mol. The predicted molar refractivity (Wildman–Crippen MR) is 75.4 cm³/mol. The third kappa shape index (κ3) is 3.73. The molecular formula is C13H11F3N2O3S. The van der Waals surface area contributed by atoms with E-state index in [2.05, 4.69) is 4.74 Å². The van der Waals surface area contributed by atoms with E-state index in [-0.39, 0.29) is 10.6 Å². The SMILES string of the molecule is CN(C)/C=C1/SC(=O)N(c2ccc(OC(F)(F)F)cc2)C1=O. The van der Waals surface area contributed by atoms with Crippen LogP contribution in [0.15, 0.2) is 35.4 Å². The molecule has 1 fully saturated rings. The number of carbonyl (C=O) groups excluding carboxylic acids is 2. The van der Waals surface area contributed by atoms with Crippen LogP contribution in [0, 0.1) is 0 Å². The number of rotatable bonds is 3. The van der Waals surface area contributed by atoms with Crippen LogP contribution in [-0.4, -0.2) is 36.5 Å². The van der Waals surface area contributed by atoms with E-state index >= 15 is 0 Å². The first-order valence-corrected chi connectivity index (χ1v) is 6.79. The molecule has 2 rings (SSSR count). The number of benzene rings is 1. The van der Waals surface area contributed by atoms with Crippen LogP contribution in [-0.2, 0) is 4.79 Å². The Labute approximate surface area is 128 Å². The van der Waals surface area contributed by atoms with Gasteiger partial charge in [0, 0.05) is 20.3 Å². The summed E-state index contributed by atoms with van der Waals surface area (Å²) in [5, 5.41) is -0.511. The molecule has 0 aromatic heterocycles. The van der Waals surface area contributed by atoms with Crippen LogP contribution >= 0.6 is 11.8 Å². The molecule has 22 heavy (non-hydrogen) atoms. The molecule has 0 N–H and O–H groups in total. The predicted octanol–water partition coefficient (Wildman–Crippen LogP) is 3.19. The molecule has 1 heterocycles. The van der Waals surface area contributed by atoms with Crippen LogP contribution in [0.2, 0.25) is 0 Å². The molecule has 1 aromatic carbocycles. The summed E-state index contributed by atoms with van der Waals surface area (Å²) in [4.78, 5) is 26.8. The highest BCUT2D eigenvalue weighted by atomic mass is 32.2. The van der Waals surface area contributed by atoms with Gasteiger partial charge in [-0.1, -0.05) is 0 Å². The number of hydrogen-bond donors (Lipinski definition) is 0. The molecule has 0 saturated carbocycles. The molecule has 1 aliphatic rings. The van der Waals surface area contributed by atoms with E-state index in [4.69, 9.17) is 0 Å². The molecule has 0 unspecified atom stereocenters.